The summed E-state index contributed by atoms with van der Waals surface area (Å²) in [6.07, 6.45) is 5.20. The van der Waals surface area contributed by atoms with Crippen LogP contribution in [0.2, 0.25) is 0 Å². The average molecular weight is 351 g/mol. The first-order chi connectivity index (χ1) is 11.9. The van der Waals surface area contributed by atoms with Gasteiger partial charge in [-0.05, 0) is 31.2 Å². The Morgan fingerprint density at radius 1 is 1.38 bits per heavy atom. The van der Waals surface area contributed by atoms with Crippen LogP contribution in [0.4, 0.5) is 0 Å². The van der Waals surface area contributed by atoms with Gasteiger partial charge in [-0.1, -0.05) is 18.9 Å². The summed E-state index contributed by atoms with van der Waals surface area (Å²) in [5.41, 5.74) is 0. The van der Waals surface area contributed by atoms with E-state index in [-0.39, 0.29) is 0 Å². The highest BCUT2D eigenvalue weighted by molar-refractivity contribution is 7.10. The van der Waals surface area contributed by atoms with Gasteiger partial charge in [-0.3, -0.25) is 9.89 Å². The van der Waals surface area contributed by atoms with E-state index in [4.69, 9.17) is 9.73 Å². The first kappa shape index (κ1) is 17.7. The molecule has 5 nitrogen and oxygen atoms in total. The van der Waals surface area contributed by atoms with Gasteiger partial charge in [0.25, 0.3) is 0 Å². The smallest absolute Gasteiger partial charge is 0.191 e. The van der Waals surface area contributed by atoms with Crippen LogP contribution in [-0.4, -0.2) is 56.3 Å². The Balaban J connectivity index is 1.67. The summed E-state index contributed by atoms with van der Waals surface area (Å²) in [5, 5.41) is 9.19. The average Bonchev–Trinajstić information content (AvgIpc) is 3.30. The van der Waals surface area contributed by atoms with Crippen molar-refractivity contribution in [2.24, 2.45) is 4.99 Å². The number of rotatable bonds is 6. The number of ether oxygens (including phenoxy) is 1. The Labute approximate surface area is 149 Å². The highest BCUT2D eigenvalue weighted by Gasteiger charge is 2.23. The van der Waals surface area contributed by atoms with Crippen molar-refractivity contribution in [1.82, 2.24) is 15.5 Å². The van der Waals surface area contributed by atoms with E-state index in [1.165, 1.54) is 30.6 Å². The molecule has 2 fully saturated rings. The SMILES string of the molecule is CCNC(=NCC(c1cccs1)N1CCOCC1)NC1CCCC1. The van der Waals surface area contributed by atoms with Crippen molar-refractivity contribution in [2.75, 3.05) is 39.4 Å². The molecule has 134 valence electrons. The summed E-state index contributed by atoms with van der Waals surface area (Å²) >= 11 is 1.83. The molecule has 0 aromatic carbocycles. The maximum atomic E-state index is 5.52. The molecule has 0 amide bonds. The molecule has 2 N–H and O–H groups in total. The van der Waals surface area contributed by atoms with Crippen molar-refractivity contribution in [3.8, 4) is 0 Å². The van der Waals surface area contributed by atoms with Crippen molar-refractivity contribution in [1.29, 1.82) is 0 Å². The number of nitrogens with zero attached hydrogens (tertiary/aromatic N) is 2. The first-order valence-electron chi connectivity index (χ1n) is 9.27. The van der Waals surface area contributed by atoms with Crippen molar-refractivity contribution < 1.29 is 4.74 Å². The van der Waals surface area contributed by atoms with Crippen LogP contribution in [0, 0.1) is 0 Å². The molecule has 1 aliphatic heterocycles. The normalized spacial score (nSPS) is 21.8. The highest BCUT2D eigenvalue weighted by atomic mass is 32.1. The topological polar surface area (TPSA) is 48.9 Å². The minimum Gasteiger partial charge on any atom is -0.379 e. The second-order valence-corrected chi connectivity index (χ2v) is 7.50. The molecular weight excluding hydrogens is 320 g/mol. The summed E-state index contributed by atoms with van der Waals surface area (Å²) < 4.78 is 5.52. The predicted molar refractivity (Wildman–Crippen MR) is 101 cm³/mol. The van der Waals surface area contributed by atoms with Crippen molar-refractivity contribution >= 4 is 17.3 Å². The third-order valence-corrected chi connectivity index (χ3v) is 5.79. The lowest BCUT2D eigenvalue weighted by molar-refractivity contribution is 0.0186. The Morgan fingerprint density at radius 2 is 2.17 bits per heavy atom. The molecule has 1 atom stereocenters. The zero-order chi connectivity index (χ0) is 16.6. The third-order valence-electron chi connectivity index (χ3n) is 4.82. The minimum absolute atomic E-state index is 0.355. The third kappa shape index (κ3) is 4.94. The van der Waals surface area contributed by atoms with Crippen LogP contribution < -0.4 is 10.6 Å². The van der Waals surface area contributed by atoms with Gasteiger partial charge in [-0.2, -0.15) is 0 Å². The van der Waals surface area contributed by atoms with E-state index in [2.05, 4.69) is 40.0 Å². The number of thiophene rings is 1. The molecule has 2 aliphatic rings. The van der Waals surface area contributed by atoms with Gasteiger partial charge >= 0.3 is 0 Å². The molecule has 1 unspecified atom stereocenters. The fraction of sp³-hybridized carbons (Fsp3) is 0.722. The molecule has 2 heterocycles. The van der Waals surface area contributed by atoms with Crippen molar-refractivity contribution in [2.45, 2.75) is 44.7 Å². The molecule has 0 radical (unpaired) electrons. The van der Waals surface area contributed by atoms with Gasteiger partial charge in [-0.15, -0.1) is 11.3 Å². The van der Waals surface area contributed by atoms with Crippen LogP contribution >= 0.6 is 11.3 Å². The molecule has 1 aromatic rings. The summed E-state index contributed by atoms with van der Waals surface area (Å²) in [6.45, 7) is 7.46. The Kier molecular flexibility index (Phi) is 6.93. The number of hydrogen-bond donors (Lipinski definition) is 2. The number of nitrogens with one attached hydrogen (secondary N) is 2. The van der Waals surface area contributed by atoms with E-state index >= 15 is 0 Å². The van der Waals surface area contributed by atoms with Gasteiger partial charge in [0.15, 0.2) is 5.96 Å². The summed E-state index contributed by atoms with van der Waals surface area (Å²) in [5.74, 6) is 0.971. The molecule has 3 rings (SSSR count). The quantitative estimate of drug-likeness (QED) is 0.612. The molecule has 0 bridgehead atoms. The van der Waals surface area contributed by atoms with Crippen LogP contribution in [0.15, 0.2) is 22.5 Å². The van der Waals surface area contributed by atoms with E-state index in [1.807, 2.05) is 11.3 Å². The first-order valence-corrected chi connectivity index (χ1v) is 10.1. The molecule has 6 heteroatoms. The van der Waals surface area contributed by atoms with Crippen molar-refractivity contribution in [3.63, 3.8) is 0 Å². The Bertz CT molecular complexity index is 493. The second-order valence-electron chi connectivity index (χ2n) is 6.52. The molecule has 0 spiro atoms. The largest absolute Gasteiger partial charge is 0.379 e. The van der Waals surface area contributed by atoms with Gasteiger partial charge in [0.05, 0.1) is 25.8 Å². The van der Waals surface area contributed by atoms with Crippen molar-refractivity contribution in [3.05, 3.63) is 22.4 Å². The summed E-state index contributed by atoms with van der Waals surface area (Å²) in [4.78, 5) is 8.84. The molecule has 1 saturated heterocycles. The number of hydrogen-bond acceptors (Lipinski definition) is 4. The van der Waals surface area contributed by atoms with Gasteiger partial charge in [0, 0.05) is 30.6 Å². The lowest BCUT2D eigenvalue weighted by Gasteiger charge is -2.33. The Hall–Kier alpha value is -1.11. The Morgan fingerprint density at radius 3 is 2.83 bits per heavy atom. The second kappa shape index (κ2) is 9.39. The maximum Gasteiger partial charge on any atom is 0.191 e. The zero-order valence-electron chi connectivity index (χ0n) is 14.7. The van der Waals surface area contributed by atoms with E-state index in [0.717, 1.165) is 45.4 Å². The lowest BCUT2D eigenvalue weighted by Crippen LogP contribution is -2.44. The van der Waals surface area contributed by atoms with Gasteiger partial charge in [0.2, 0.25) is 0 Å². The van der Waals surface area contributed by atoms with Crippen LogP contribution in [0.5, 0.6) is 0 Å². The molecule has 24 heavy (non-hydrogen) atoms. The molecular formula is C18H30N4OS. The fourth-order valence-corrected chi connectivity index (χ4v) is 4.37. The minimum atomic E-state index is 0.355. The number of aliphatic imine (C=N–C) groups is 1. The lowest BCUT2D eigenvalue weighted by atomic mass is 10.2. The monoisotopic (exact) mass is 350 g/mol. The maximum absolute atomic E-state index is 5.52. The van der Waals surface area contributed by atoms with Gasteiger partial charge < -0.3 is 15.4 Å². The van der Waals surface area contributed by atoms with Crippen LogP contribution in [-0.2, 0) is 4.74 Å². The van der Waals surface area contributed by atoms with Crippen LogP contribution in [0.25, 0.3) is 0 Å². The van der Waals surface area contributed by atoms with E-state index in [0.29, 0.717) is 12.1 Å². The standard InChI is InChI=1S/C18H30N4OS/c1-2-19-18(21-15-6-3-4-7-15)20-14-16(17-8-5-13-24-17)22-9-11-23-12-10-22/h5,8,13,15-16H,2-4,6-7,9-12,14H2,1H3,(H2,19,20,21). The highest BCUT2D eigenvalue weighted by Crippen LogP contribution is 2.26. The number of guanidine groups is 1. The van der Waals surface area contributed by atoms with Crippen LogP contribution in [0.3, 0.4) is 0 Å². The molecule has 1 saturated carbocycles. The van der Waals surface area contributed by atoms with Gasteiger partial charge in [0.1, 0.15) is 0 Å². The van der Waals surface area contributed by atoms with E-state index in [1.54, 1.807) is 0 Å². The molecule has 1 aromatic heterocycles. The summed E-state index contributed by atoms with van der Waals surface area (Å²) in [6, 6.07) is 5.32. The number of morpholine rings is 1. The van der Waals surface area contributed by atoms with Gasteiger partial charge in [-0.25, -0.2) is 0 Å². The zero-order valence-corrected chi connectivity index (χ0v) is 15.5. The van der Waals surface area contributed by atoms with E-state index < -0.39 is 0 Å². The molecule has 1 aliphatic carbocycles. The predicted octanol–water partition coefficient (Wildman–Crippen LogP) is 2.62. The summed E-state index contributed by atoms with van der Waals surface area (Å²) in [7, 11) is 0. The van der Waals surface area contributed by atoms with E-state index in [9.17, 15) is 0 Å². The fourth-order valence-electron chi connectivity index (χ4n) is 3.52. The van der Waals surface area contributed by atoms with Crippen LogP contribution in [0.1, 0.15) is 43.5 Å².